The summed E-state index contributed by atoms with van der Waals surface area (Å²) in [6, 6.07) is 141. The van der Waals surface area contributed by atoms with Crippen LogP contribution in [0.4, 0.5) is 0 Å². The highest BCUT2D eigenvalue weighted by atomic mass is 16.3. The molecule has 0 saturated carbocycles. The van der Waals surface area contributed by atoms with Gasteiger partial charge in [0, 0.05) is 117 Å². The summed E-state index contributed by atoms with van der Waals surface area (Å²) in [4.78, 5) is 48.0. The van der Waals surface area contributed by atoms with Crippen LogP contribution in [0.1, 0.15) is 11.1 Å². The fraction of sp³-hybridized carbons (Fsp3) is 0. The standard InChI is InChI=1S/C42H26N4O.2C38H22N4O/c1-2-11-32-31(10-1)33(35-13-3-6-21-43-35)26-34-41-30(12-9-16-40(41)47-42(32)34)28-19-17-27(18-20-28)29-24-38(36-14-4-7-22-44-36)46-39(25-29)37-15-5-8-23-45-37;39-23-28-22-32-34-30(19-10-20-33(34)43-35(32)31-18-8-7-17-29(28)31)26-15-9-16-27(21-26)38-41-36(24-11-3-1-4-12-24)40-37(42-38)25-13-5-2-6-14-25;39-23-28-22-32-34-30(16-9-17-33(34)43-35(32)31-15-8-7-14-29(28)31)24-18-20-27(21-19-24)38-41-36(25-10-3-1-4-11-25)40-37(42-38)26-12-5-2-6-13-26/h1-26H;2*1-22H. The Bertz CT molecular complexity index is 8700. The normalized spacial score (nSPS) is 11.3. The monoisotopic (exact) mass is 1700 g/mol. The molecule has 0 aliphatic rings. The minimum absolute atomic E-state index is 0.594. The van der Waals surface area contributed by atoms with Crippen LogP contribution in [0.3, 0.4) is 0 Å². The number of nitriles is 2. The molecule has 25 aromatic rings. The maximum absolute atomic E-state index is 9.96. The van der Waals surface area contributed by atoms with Crippen molar-refractivity contribution < 1.29 is 13.3 Å². The summed E-state index contributed by atoms with van der Waals surface area (Å²) >= 11 is 0. The fourth-order valence-electron chi connectivity index (χ4n) is 17.9. The Morgan fingerprint density at radius 1 is 0.180 bits per heavy atom. The van der Waals surface area contributed by atoms with Crippen molar-refractivity contribution >= 4 is 98.1 Å². The van der Waals surface area contributed by atoms with Crippen LogP contribution >= 0.6 is 0 Å². The van der Waals surface area contributed by atoms with Gasteiger partial charge in [0.2, 0.25) is 0 Å². The first-order valence-electron chi connectivity index (χ1n) is 43.6. The number of fused-ring (bicyclic) bond motifs is 15. The smallest absolute Gasteiger partial charge is 0.164 e. The predicted molar refractivity (Wildman–Crippen MR) is 532 cm³/mol. The summed E-state index contributed by atoms with van der Waals surface area (Å²) in [6.07, 6.45) is 5.43. The van der Waals surface area contributed by atoms with Crippen molar-refractivity contribution in [2.45, 2.75) is 0 Å². The largest absolute Gasteiger partial charge is 0.455 e. The van der Waals surface area contributed by atoms with E-state index in [4.69, 9.17) is 53.1 Å². The lowest BCUT2D eigenvalue weighted by Gasteiger charge is -2.11. The lowest BCUT2D eigenvalue weighted by atomic mass is 9.94. The van der Waals surface area contributed by atoms with E-state index in [2.05, 4.69) is 150 Å². The minimum Gasteiger partial charge on any atom is -0.455 e. The quantitative estimate of drug-likeness (QED) is 0.105. The Balaban J connectivity index is 0.000000113. The van der Waals surface area contributed by atoms with E-state index < -0.39 is 0 Å². The number of benzene rings is 16. The van der Waals surface area contributed by atoms with Gasteiger partial charge in [-0.25, -0.2) is 34.9 Å². The van der Waals surface area contributed by atoms with Gasteiger partial charge in [0.05, 0.1) is 51.7 Å². The molecule has 133 heavy (non-hydrogen) atoms. The molecule has 0 saturated heterocycles. The van der Waals surface area contributed by atoms with E-state index in [1.54, 1.807) is 12.4 Å². The highest BCUT2D eigenvalue weighted by Gasteiger charge is 2.25. The number of nitrogens with zero attached hydrogens (tertiary/aromatic N) is 12. The third-order valence-electron chi connectivity index (χ3n) is 24.2. The fourth-order valence-corrected chi connectivity index (χ4v) is 17.9. The van der Waals surface area contributed by atoms with Crippen molar-refractivity contribution in [2.75, 3.05) is 0 Å². The second-order valence-corrected chi connectivity index (χ2v) is 32.2. The number of aromatic nitrogens is 10. The molecule has 0 radical (unpaired) electrons. The zero-order valence-electron chi connectivity index (χ0n) is 71.0. The molecule has 15 heteroatoms. The van der Waals surface area contributed by atoms with Gasteiger partial charge in [-0.3, -0.25) is 15.0 Å². The zero-order valence-corrected chi connectivity index (χ0v) is 71.0. The second-order valence-electron chi connectivity index (χ2n) is 32.2. The predicted octanol–water partition coefficient (Wildman–Crippen LogP) is 29.6. The van der Waals surface area contributed by atoms with Gasteiger partial charge >= 0.3 is 0 Å². The van der Waals surface area contributed by atoms with E-state index in [9.17, 15) is 10.5 Å². The average Bonchev–Trinajstić information content (AvgIpc) is 1.59. The summed E-state index contributed by atoms with van der Waals surface area (Å²) in [5.41, 5.74) is 25.3. The number of pyridine rings is 4. The SMILES string of the molecule is N#Cc1cc2c(oc3cccc(-c4ccc(-c5nc(-c6ccccc6)nc(-c6ccccc6)n5)cc4)c32)c2ccccc12.N#Cc1cc2c(oc3cccc(-c4cccc(-c5nc(-c6ccccc6)nc(-c6ccccc6)n5)c4)c32)c2ccccc12.c1ccc(-c2cc(-c3ccc(-c4cccc5oc6c7ccccc7c(-c7ccccn7)cc6c45)cc3)cc(-c3ccccn3)n2)nc1. The van der Waals surface area contributed by atoms with Crippen LogP contribution in [-0.2, 0) is 0 Å². The maximum Gasteiger partial charge on any atom is 0.164 e. The number of furan rings is 3. The van der Waals surface area contributed by atoms with Crippen molar-refractivity contribution in [3.05, 3.63) is 436 Å². The molecule has 0 aliphatic heterocycles. The molecule has 0 unspecified atom stereocenters. The van der Waals surface area contributed by atoms with Crippen LogP contribution in [0.25, 0.3) is 245 Å². The molecular weight excluding hydrogens is 1630 g/mol. The van der Waals surface area contributed by atoms with Gasteiger partial charge in [0.25, 0.3) is 0 Å². The molecular formula is C118H70N12O3. The molecule has 0 atom stereocenters. The average molecular weight is 1700 g/mol. The first kappa shape index (κ1) is 79.0. The van der Waals surface area contributed by atoms with E-state index in [-0.39, 0.29) is 0 Å². The van der Waals surface area contributed by atoms with Crippen molar-refractivity contribution in [1.29, 1.82) is 10.5 Å². The summed E-state index contributed by atoms with van der Waals surface area (Å²) < 4.78 is 19.4. The van der Waals surface area contributed by atoms with Gasteiger partial charge in [-0.2, -0.15) is 10.5 Å². The Hall–Kier alpha value is -18.7. The molecule has 9 heterocycles. The molecule has 0 N–H and O–H groups in total. The topological polar surface area (TPSA) is 216 Å². The van der Waals surface area contributed by atoms with E-state index in [0.29, 0.717) is 46.1 Å². The van der Waals surface area contributed by atoms with Gasteiger partial charge in [-0.05, 0) is 141 Å². The van der Waals surface area contributed by atoms with Crippen molar-refractivity contribution in [3.8, 4) is 159 Å². The molecule has 0 aliphatic carbocycles. The van der Waals surface area contributed by atoms with Crippen LogP contribution in [0, 0.1) is 22.7 Å². The highest BCUT2D eigenvalue weighted by Crippen LogP contribution is 2.47. The van der Waals surface area contributed by atoms with Gasteiger partial charge in [-0.1, -0.05) is 315 Å². The third kappa shape index (κ3) is 15.0. The molecule has 0 amide bonds. The van der Waals surface area contributed by atoms with E-state index in [1.165, 1.54) is 0 Å². The van der Waals surface area contributed by atoms with Gasteiger partial charge in [-0.15, -0.1) is 0 Å². The van der Waals surface area contributed by atoms with Crippen LogP contribution in [0.2, 0.25) is 0 Å². The third-order valence-corrected chi connectivity index (χ3v) is 24.2. The lowest BCUT2D eigenvalue weighted by molar-refractivity contribution is 0.672. The zero-order chi connectivity index (χ0) is 88.7. The summed E-state index contributed by atoms with van der Waals surface area (Å²) in [5, 5.41) is 31.7. The van der Waals surface area contributed by atoms with Crippen LogP contribution in [0.5, 0.6) is 0 Å². The molecule has 9 aromatic heterocycles. The van der Waals surface area contributed by atoms with Gasteiger partial charge in [0.1, 0.15) is 33.5 Å². The van der Waals surface area contributed by atoms with Crippen molar-refractivity contribution in [2.24, 2.45) is 0 Å². The molecule has 16 aromatic carbocycles. The Kier molecular flexibility index (Phi) is 20.3. The van der Waals surface area contributed by atoms with E-state index >= 15 is 0 Å². The molecule has 0 fully saturated rings. The first-order chi connectivity index (χ1) is 65.8. The van der Waals surface area contributed by atoms with Crippen LogP contribution < -0.4 is 0 Å². The molecule has 620 valence electrons. The number of rotatable bonds is 13. The lowest BCUT2D eigenvalue weighted by Crippen LogP contribution is -2.00. The Morgan fingerprint density at radius 2 is 0.481 bits per heavy atom. The molecule has 0 bridgehead atoms. The maximum atomic E-state index is 9.96. The van der Waals surface area contributed by atoms with Gasteiger partial charge in [0.15, 0.2) is 34.9 Å². The second kappa shape index (κ2) is 34.2. The van der Waals surface area contributed by atoms with Crippen molar-refractivity contribution in [3.63, 3.8) is 0 Å². The molecule has 15 nitrogen and oxygen atoms in total. The first-order valence-corrected chi connectivity index (χ1v) is 43.6. The highest BCUT2D eigenvalue weighted by molar-refractivity contribution is 6.24. The van der Waals surface area contributed by atoms with Crippen LogP contribution in [-0.4, -0.2) is 49.8 Å². The van der Waals surface area contributed by atoms with Crippen molar-refractivity contribution in [1.82, 2.24) is 49.8 Å². The summed E-state index contributed by atoms with van der Waals surface area (Å²) in [7, 11) is 0. The van der Waals surface area contributed by atoms with Gasteiger partial charge < -0.3 is 13.3 Å². The van der Waals surface area contributed by atoms with Crippen LogP contribution in [0.15, 0.2) is 438 Å². The summed E-state index contributed by atoms with van der Waals surface area (Å²) in [5.74, 6) is 3.70. The number of hydrogen-bond donors (Lipinski definition) is 0. The molecule has 0 spiro atoms. The molecule has 25 rings (SSSR count). The Morgan fingerprint density at radius 3 is 0.872 bits per heavy atom. The summed E-state index contributed by atoms with van der Waals surface area (Å²) in [6.45, 7) is 0. The van der Waals surface area contributed by atoms with E-state index in [1.807, 2.05) is 285 Å². The number of hydrogen-bond acceptors (Lipinski definition) is 15. The van der Waals surface area contributed by atoms with E-state index in [0.717, 1.165) is 210 Å². The Labute approximate surface area is 762 Å². The minimum atomic E-state index is 0.594.